The monoisotopic (exact) mass is 713 g/mol. The lowest BCUT2D eigenvalue weighted by molar-refractivity contribution is -0.386. The first kappa shape index (κ1) is 41.5. The van der Waals surface area contributed by atoms with E-state index in [1.54, 1.807) is 0 Å². The van der Waals surface area contributed by atoms with Gasteiger partial charge in [0.05, 0.1) is 21.8 Å². The molecule has 15 heteroatoms. The molecule has 48 heavy (non-hydrogen) atoms. The molecule has 1 heterocycles. The number of nitrogens with zero attached hydrogens (tertiary/aromatic N) is 2. The fourth-order valence-electron chi connectivity index (χ4n) is 5.61. The van der Waals surface area contributed by atoms with Gasteiger partial charge in [-0.1, -0.05) is 57.4 Å². The Bertz CT molecular complexity index is 1280. The summed E-state index contributed by atoms with van der Waals surface area (Å²) in [5, 5.41) is 14.0. The molecule has 1 saturated heterocycles. The number of nitro groups is 1. The van der Waals surface area contributed by atoms with Crippen LogP contribution in [0, 0.1) is 10.1 Å². The zero-order valence-electron chi connectivity index (χ0n) is 28.5. The number of benzene rings is 1. The van der Waals surface area contributed by atoms with Gasteiger partial charge in [0, 0.05) is 51.9 Å². The zero-order valence-corrected chi connectivity index (χ0v) is 30.2. The topological polar surface area (TPSA) is 182 Å². The van der Waals surface area contributed by atoms with Crippen molar-refractivity contribution in [2.24, 2.45) is 0 Å². The van der Waals surface area contributed by atoms with Crippen LogP contribution in [0.25, 0.3) is 0 Å². The van der Waals surface area contributed by atoms with Gasteiger partial charge in [-0.05, 0) is 50.5 Å². The Morgan fingerprint density at radius 2 is 1.58 bits per heavy atom. The van der Waals surface area contributed by atoms with Gasteiger partial charge in [-0.25, -0.2) is 4.57 Å². The number of nitro benzene ring substituents is 1. The third-order valence-electron chi connectivity index (χ3n) is 8.42. The molecular weight excluding hydrogens is 661 g/mol. The SMILES string of the molecule is COP(=O)(O)OC(C)c1cc(CNC(=O)CCCCCCC(=O)CCCCCCCCCCN2C(=O)CC(SC)C2=O)ccc1[N+](=O)[O-]. The molecule has 1 fully saturated rings. The van der Waals surface area contributed by atoms with Crippen LogP contribution in [0.3, 0.4) is 0 Å². The van der Waals surface area contributed by atoms with Crippen molar-refractivity contribution in [1.82, 2.24) is 10.2 Å². The van der Waals surface area contributed by atoms with Crippen LogP contribution < -0.4 is 5.32 Å². The number of unbranched alkanes of at least 4 members (excludes halogenated alkanes) is 10. The predicted molar refractivity (Wildman–Crippen MR) is 184 cm³/mol. The Kier molecular flexibility index (Phi) is 19.2. The molecule has 1 aliphatic rings. The van der Waals surface area contributed by atoms with Crippen LogP contribution in [0.1, 0.15) is 127 Å². The van der Waals surface area contributed by atoms with Crippen LogP contribution in [0.4, 0.5) is 5.69 Å². The number of likely N-dealkylation sites (tertiary alicyclic amines) is 1. The number of hydrogen-bond acceptors (Lipinski definition) is 10. The van der Waals surface area contributed by atoms with E-state index in [-0.39, 0.29) is 46.6 Å². The van der Waals surface area contributed by atoms with Gasteiger partial charge >= 0.3 is 7.82 Å². The molecule has 1 aliphatic heterocycles. The summed E-state index contributed by atoms with van der Waals surface area (Å²) in [6.07, 6.45) is 14.1. The van der Waals surface area contributed by atoms with Crippen molar-refractivity contribution in [3.05, 3.63) is 39.4 Å². The van der Waals surface area contributed by atoms with Crippen molar-refractivity contribution in [3.8, 4) is 0 Å². The molecule has 0 bridgehead atoms. The summed E-state index contributed by atoms with van der Waals surface area (Å²) in [6, 6.07) is 4.24. The van der Waals surface area contributed by atoms with Gasteiger partial charge in [-0.3, -0.25) is 43.2 Å². The molecule has 1 aromatic rings. The first-order valence-electron chi connectivity index (χ1n) is 16.9. The van der Waals surface area contributed by atoms with Gasteiger partial charge in [0.15, 0.2) is 0 Å². The Hall–Kier alpha value is -2.64. The number of Topliss-reactive ketones (excluding diaryl/α,β-unsaturated/α-hetero) is 1. The van der Waals surface area contributed by atoms with Crippen molar-refractivity contribution in [2.45, 2.75) is 128 Å². The molecule has 0 saturated carbocycles. The molecule has 0 radical (unpaired) electrons. The smallest absolute Gasteiger partial charge is 0.352 e. The van der Waals surface area contributed by atoms with Crippen LogP contribution in [0.15, 0.2) is 18.2 Å². The lowest BCUT2D eigenvalue weighted by Gasteiger charge is -2.17. The van der Waals surface area contributed by atoms with Gasteiger partial charge in [0.25, 0.3) is 5.69 Å². The molecule has 0 aliphatic carbocycles. The summed E-state index contributed by atoms with van der Waals surface area (Å²) >= 11 is 1.45. The summed E-state index contributed by atoms with van der Waals surface area (Å²) < 4.78 is 21.1. The molecule has 3 atom stereocenters. The second-order valence-electron chi connectivity index (χ2n) is 12.2. The number of thioether (sulfide) groups is 1. The molecule has 3 amide bonds. The fraction of sp³-hybridized carbons (Fsp3) is 0.697. The molecule has 1 aromatic carbocycles. The van der Waals surface area contributed by atoms with Gasteiger partial charge in [-0.15, -0.1) is 0 Å². The lowest BCUT2D eigenvalue weighted by atomic mass is 10.0. The largest absolute Gasteiger partial charge is 0.472 e. The molecule has 270 valence electrons. The Morgan fingerprint density at radius 1 is 1.02 bits per heavy atom. The molecular formula is C33H52N3O10PS. The third-order valence-corrected chi connectivity index (χ3v) is 10.4. The predicted octanol–water partition coefficient (Wildman–Crippen LogP) is 6.95. The maximum atomic E-state index is 12.3. The van der Waals surface area contributed by atoms with Crippen LogP contribution in [0.5, 0.6) is 0 Å². The van der Waals surface area contributed by atoms with E-state index in [9.17, 15) is 38.8 Å². The highest BCUT2D eigenvalue weighted by Crippen LogP contribution is 2.48. The number of carbonyl (C=O) groups excluding carboxylic acids is 4. The molecule has 13 nitrogen and oxygen atoms in total. The minimum atomic E-state index is -4.36. The molecule has 2 N–H and O–H groups in total. The maximum absolute atomic E-state index is 12.3. The average molecular weight is 714 g/mol. The van der Waals surface area contributed by atoms with Gasteiger partial charge in [0.2, 0.25) is 17.7 Å². The quantitative estimate of drug-likeness (QED) is 0.0333. The molecule has 0 spiro atoms. The minimum absolute atomic E-state index is 0.0366. The van der Waals surface area contributed by atoms with E-state index in [4.69, 9.17) is 4.52 Å². The number of ketones is 1. The molecule has 3 unspecified atom stereocenters. The number of phosphoric acid groups is 1. The standard InChI is InChI=1S/C33H52N3O10PS/c1-25(46-47(43,44)45-2)28-22-26(19-20-29(28)36(41)42)24-34-31(38)18-14-10-9-13-17-27(37)16-12-8-6-4-5-7-11-15-21-35-32(39)23-30(48-3)33(35)40/h19-20,22,25,30H,4-18,21,23-24H2,1-3H3,(H,34,38)(H,43,44). The van der Waals surface area contributed by atoms with Gasteiger partial charge < -0.3 is 10.2 Å². The van der Waals surface area contributed by atoms with Gasteiger partial charge in [-0.2, -0.15) is 11.8 Å². The van der Waals surface area contributed by atoms with Crippen LogP contribution in [-0.4, -0.2) is 63.4 Å². The summed E-state index contributed by atoms with van der Waals surface area (Å²) in [5.41, 5.74) is 0.397. The number of nitrogens with one attached hydrogen (secondary N) is 1. The number of rotatable bonds is 26. The van der Waals surface area contributed by atoms with Crippen molar-refractivity contribution in [3.63, 3.8) is 0 Å². The fourth-order valence-corrected chi connectivity index (χ4v) is 6.84. The van der Waals surface area contributed by atoms with E-state index < -0.39 is 18.8 Å². The van der Waals surface area contributed by atoms with Crippen molar-refractivity contribution < 1.29 is 42.6 Å². The summed E-state index contributed by atoms with van der Waals surface area (Å²) in [4.78, 5) is 70.4. The van der Waals surface area contributed by atoms with Crippen LogP contribution in [-0.2, 0) is 39.3 Å². The minimum Gasteiger partial charge on any atom is -0.352 e. The highest BCUT2D eigenvalue weighted by Gasteiger charge is 2.37. The van der Waals surface area contributed by atoms with E-state index in [0.29, 0.717) is 44.2 Å². The molecule has 2 rings (SSSR count). The highest BCUT2D eigenvalue weighted by atomic mass is 32.2. The Balaban J connectivity index is 1.48. The number of amides is 3. The first-order valence-corrected chi connectivity index (χ1v) is 19.7. The van der Waals surface area contributed by atoms with E-state index in [0.717, 1.165) is 77.7 Å². The molecule has 0 aromatic heterocycles. The number of imide groups is 1. The normalized spacial score (nSPS) is 16.6. The van der Waals surface area contributed by atoms with E-state index in [2.05, 4.69) is 9.84 Å². The summed E-state index contributed by atoms with van der Waals surface area (Å²) in [5.74, 6) is 0.0467. The lowest BCUT2D eigenvalue weighted by Crippen LogP contribution is -2.32. The number of carbonyl (C=O) groups is 4. The highest BCUT2D eigenvalue weighted by molar-refractivity contribution is 8.00. The second kappa shape index (κ2) is 22.2. The van der Waals surface area contributed by atoms with Crippen LogP contribution >= 0.6 is 19.6 Å². The average Bonchev–Trinajstić information content (AvgIpc) is 3.33. The van der Waals surface area contributed by atoms with Crippen molar-refractivity contribution >= 4 is 48.8 Å². The third kappa shape index (κ3) is 15.3. The summed E-state index contributed by atoms with van der Waals surface area (Å²) in [6.45, 7) is 2.07. The summed E-state index contributed by atoms with van der Waals surface area (Å²) in [7, 11) is -3.36. The van der Waals surface area contributed by atoms with Crippen LogP contribution in [0.2, 0.25) is 0 Å². The first-order chi connectivity index (χ1) is 22.9. The van der Waals surface area contributed by atoms with Crippen molar-refractivity contribution in [1.29, 1.82) is 0 Å². The zero-order chi connectivity index (χ0) is 35.5. The number of phosphoric ester groups is 1. The second-order valence-corrected chi connectivity index (χ2v) is 14.7. The number of hydrogen-bond donors (Lipinski definition) is 2. The Morgan fingerprint density at radius 3 is 2.12 bits per heavy atom. The van der Waals surface area contributed by atoms with Crippen molar-refractivity contribution in [2.75, 3.05) is 19.9 Å². The van der Waals surface area contributed by atoms with E-state index in [1.165, 1.54) is 41.8 Å². The van der Waals surface area contributed by atoms with E-state index in [1.807, 2.05) is 6.26 Å². The van der Waals surface area contributed by atoms with Gasteiger partial charge in [0.1, 0.15) is 5.78 Å². The Labute approximate surface area is 288 Å². The maximum Gasteiger partial charge on any atom is 0.472 e. The van der Waals surface area contributed by atoms with E-state index >= 15 is 0 Å².